The number of amides is 2. The second-order valence-electron chi connectivity index (χ2n) is 4.87. The van der Waals surface area contributed by atoms with Crippen LogP contribution in [0.4, 0.5) is 5.69 Å². The van der Waals surface area contributed by atoms with E-state index in [-0.39, 0.29) is 11.9 Å². The molecule has 0 aromatic carbocycles. The third-order valence-corrected chi connectivity index (χ3v) is 2.61. The quantitative estimate of drug-likeness (QED) is 0.458. The zero-order valence-electron chi connectivity index (χ0n) is 12.2. The Hall–Kier alpha value is -2.15. The molecule has 0 aliphatic heterocycles. The van der Waals surface area contributed by atoms with Gasteiger partial charge in [0.2, 0.25) is 5.91 Å². The number of hydrogen-bond acceptors (Lipinski definition) is 5. The molecule has 0 saturated carbocycles. The highest BCUT2D eigenvalue weighted by Gasteiger charge is 2.19. The van der Waals surface area contributed by atoms with Crippen LogP contribution >= 0.6 is 0 Å². The van der Waals surface area contributed by atoms with E-state index in [9.17, 15) is 9.59 Å². The molecule has 7 heteroatoms. The van der Waals surface area contributed by atoms with Gasteiger partial charge >= 0.3 is 0 Å². The Morgan fingerprint density at radius 2 is 1.90 bits per heavy atom. The van der Waals surface area contributed by atoms with Gasteiger partial charge in [0.25, 0.3) is 5.91 Å². The molecule has 0 aliphatic rings. The molecule has 0 fully saturated rings. The molecule has 1 rings (SSSR count). The van der Waals surface area contributed by atoms with Gasteiger partial charge in [-0.1, -0.05) is 0 Å². The lowest BCUT2D eigenvalue weighted by Gasteiger charge is -2.17. The second-order valence-corrected chi connectivity index (χ2v) is 4.87. The normalized spacial score (nSPS) is 11.9. The van der Waals surface area contributed by atoms with Gasteiger partial charge in [-0.3, -0.25) is 20.4 Å². The van der Waals surface area contributed by atoms with Crippen LogP contribution in [0.3, 0.4) is 0 Å². The summed E-state index contributed by atoms with van der Waals surface area (Å²) in [6.07, 6.45) is 1.42. The number of carbonyl (C=O) groups excluding carboxylic acids is 2. The molecular formula is C13H21N5O2. The molecule has 0 saturated heterocycles. The fourth-order valence-electron chi connectivity index (χ4n) is 1.61. The molecule has 0 aliphatic carbocycles. The smallest absolute Gasteiger partial charge is 0.255 e. The van der Waals surface area contributed by atoms with Crippen molar-refractivity contribution in [3.05, 3.63) is 23.5 Å². The largest absolute Gasteiger partial charge is 0.352 e. The fraction of sp³-hybridized carbons (Fsp3) is 0.462. The molecule has 1 atom stereocenters. The van der Waals surface area contributed by atoms with Crippen molar-refractivity contribution in [3.63, 3.8) is 0 Å². The van der Waals surface area contributed by atoms with Crippen LogP contribution in [0.25, 0.3) is 0 Å². The van der Waals surface area contributed by atoms with Crippen LogP contribution < -0.4 is 21.9 Å². The van der Waals surface area contributed by atoms with Crippen LogP contribution in [0.15, 0.2) is 12.3 Å². The van der Waals surface area contributed by atoms with Crippen LogP contribution in [0.2, 0.25) is 0 Å². The summed E-state index contributed by atoms with van der Waals surface area (Å²) in [5.74, 6) is 4.73. The first-order valence-electron chi connectivity index (χ1n) is 6.39. The minimum absolute atomic E-state index is 0.0177. The lowest BCUT2D eigenvalue weighted by atomic mass is 10.2. The predicted molar refractivity (Wildman–Crippen MR) is 77.0 cm³/mol. The van der Waals surface area contributed by atoms with Crippen molar-refractivity contribution in [2.45, 2.75) is 39.8 Å². The van der Waals surface area contributed by atoms with E-state index in [1.54, 1.807) is 19.9 Å². The molecule has 110 valence electrons. The van der Waals surface area contributed by atoms with Gasteiger partial charge in [-0.2, -0.15) is 0 Å². The molecular weight excluding hydrogens is 258 g/mol. The summed E-state index contributed by atoms with van der Waals surface area (Å²) in [4.78, 5) is 27.9. The molecule has 0 spiro atoms. The van der Waals surface area contributed by atoms with Crippen LogP contribution in [0.5, 0.6) is 0 Å². The molecule has 1 aromatic heterocycles. The topological polar surface area (TPSA) is 109 Å². The van der Waals surface area contributed by atoms with E-state index in [0.29, 0.717) is 11.3 Å². The standard InChI is InChI=1S/C13H21N5O2/c1-7(2)16-12(19)9(4)17-13(20)10-6-15-8(3)5-11(10)18-14/h5-7,9H,14H2,1-4H3,(H,15,18)(H,16,19)(H,17,20). The minimum Gasteiger partial charge on any atom is -0.352 e. The van der Waals surface area contributed by atoms with Gasteiger partial charge in [0.1, 0.15) is 6.04 Å². The number of nitrogen functional groups attached to an aromatic ring is 1. The average Bonchev–Trinajstić information content (AvgIpc) is 2.37. The Morgan fingerprint density at radius 1 is 1.25 bits per heavy atom. The zero-order chi connectivity index (χ0) is 15.3. The van der Waals surface area contributed by atoms with E-state index < -0.39 is 11.9 Å². The van der Waals surface area contributed by atoms with Gasteiger partial charge < -0.3 is 16.1 Å². The van der Waals surface area contributed by atoms with Crippen molar-refractivity contribution in [2.75, 3.05) is 5.43 Å². The Kier molecular flexibility index (Phi) is 5.45. The van der Waals surface area contributed by atoms with Crippen LogP contribution in [-0.4, -0.2) is 28.9 Å². The molecule has 0 radical (unpaired) electrons. The monoisotopic (exact) mass is 279 g/mol. The van der Waals surface area contributed by atoms with Gasteiger partial charge in [0.05, 0.1) is 11.3 Å². The van der Waals surface area contributed by atoms with Gasteiger partial charge in [-0.05, 0) is 33.8 Å². The summed E-state index contributed by atoms with van der Waals surface area (Å²) in [6, 6.07) is 1.04. The number of aromatic nitrogens is 1. The Labute approximate surface area is 118 Å². The van der Waals surface area contributed by atoms with Crippen molar-refractivity contribution in [1.82, 2.24) is 15.6 Å². The maximum atomic E-state index is 12.1. The van der Waals surface area contributed by atoms with Crippen LogP contribution in [0, 0.1) is 6.92 Å². The highest BCUT2D eigenvalue weighted by molar-refractivity contribution is 6.01. The highest BCUT2D eigenvalue weighted by atomic mass is 16.2. The highest BCUT2D eigenvalue weighted by Crippen LogP contribution is 2.14. The maximum absolute atomic E-state index is 12.1. The summed E-state index contributed by atoms with van der Waals surface area (Å²) >= 11 is 0. The molecule has 1 heterocycles. The summed E-state index contributed by atoms with van der Waals surface area (Å²) in [5.41, 5.74) is 3.94. The van der Waals surface area contributed by atoms with E-state index in [1.807, 2.05) is 13.8 Å². The molecule has 2 amide bonds. The van der Waals surface area contributed by atoms with E-state index in [4.69, 9.17) is 5.84 Å². The molecule has 7 nitrogen and oxygen atoms in total. The van der Waals surface area contributed by atoms with Gasteiger partial charge in [0, 0.05) is 17.9 Å². The van der Waals surface area contributed by atoms with Crippen LogP contribution in [-0.2, 0) is 4.79 Å². The molecule has 0 bridgehead atoms. The lowest BCUT2D eigenvalue weighted by Crippen LogP contribution is -2.46. The molecule has 1 aromatic rings. The average molecular weight is 279 g/mol. The van der Waals surface area contributed by atoms with Crippen molar-refractivity contribution >= 4 is 17.5 Å². The third kappa shape index (κ3) is 4.20. The first-order valence-corrected chi connectivity index (χ1v) is 6.39. The number of pyridine rings is 1. The Morgan fingerprint density at radius 3 is 2.45 bits per heavy atom. The van der Waals surface area contributed by atoms with E-state index >= 15 is 0 Å². The molecule has 1 unspecified atom stereocenters. The molecule has 5 N–H and O–H groups in total. The van der Waals surface area contributed by atoms with Gasteiger partial charge in [-0.25, -0.2) is 0 Å². The van der Waals surface area contributed by atoms with Crippen LogP contribution in [0.1, 0.15) is 36.8 Å². The number of carbonyl (C=O) groups is 2. The van der Waals surface area contributed by atoms with Gasteiger partial charge in [0.15, 0.2) is 0 Å². The Bertz CT molecular complexity index is 502. The van der Waals surface area contributed by atoms with Crippen molar-refractivity contribution < 1.29 is 9.59 Å². The summed E-state index contributed by atoms with van der Waals surface area (Å²) in [6.45, 7) is 7.12. The zero-order valence-corrected chi connectivity index (χ0v) is 12.2. The second kappa shape index (κ2) is 6.85. The lowest BCUT2D eigenvalue weighted by molar-refractivity contribution is -0.123. The number of nitrogens with two attached hydrogens (primary N) is 1. The number of hydrazine groups is 1. The van der Waals surface area contributed by atoms with Crippen molar-refractivity contribution in [3.8, 4) is 0 Å². The Balaban J connectivity index is 2.78. The van der Waals surface area contributed by atoms with Crippen molar-refractivity contribution in [2.24, 2.45) is 5.84 Å². The first kappa shape index (κ1) is 15.9. The maximum Gasteiger partial charge on any atom is 0.255 e. The van der Waals surface area contributed by atoms with E-state index in [1.165, 1.54) is 6.20 Å². The number of rotatable bonds is 5. The van der Waals surface area contributed by atoms with Crippen molar-refractivity contribution in [1.29, 1.82) is 0 Å². The summed E-state index contributed by atoms with van der Waals surface area (Å²) in [7, 11) is 0. The number of nitrogens with one attached hydrogen (secondary N) is 3. The molecule has 20 heavy (non-hydrogen) atoms. The summed E-state index contributed by atoms with van der Waals surface area (Å²) in [5, 5.41) is 5.34. The number of anilines is 1. The third-order valence-electron chi connectivity index (χ3n) is 2.61. The number of hydrogen-bond donors (Lipinski definition) is 4. The predicted octanol–water partition coefficient (Wildman–Crippen LogP) is 0.319. The summed E-state index contributed by atoms with van der Waals surface area (Å²) < 4.78 is 0. The number of aryl methyl sites for hydroxylation is 1. The van der Waals surface area contributed by atoms with E-state index in [2.05, 4.69) is 21.0 Å². The fourth-order valence-corrected chi connectivity index (χ4v) is 1.61. The van der Waals surface area contributed by atoms with Gasteiger partial charge in [-0.15, -0.1) is 0 Å². The van der Waals surface area contributed by atoms with E-state index in [0.717, 1.165) is 5.69 Å². The SMILES string of the molecule is Cc1cc(NN)c(C(=O)NC(C)C(=O)NC(C)C)cn1. The minimum atomic E-state index is -0.642. The first-order chi connectivity index (χ1) is 9.35. The number of nitrogens with zero attached hydrogens (tertiary/aromatic N) is 1.